The molecule has 0 saturated heterocycles. The highest BCUT2D eigenvalue weighted by atomic mass is 127. The number of para-hydroxylation sites is 1. The molecule has 0 saturated carbocycles. The first kappa shape index (κ1) is 17.9. The molecular formula is C22H14ClIN2O. The van der Waals surface area contributed by atoms with Gasteiger partial charge in [-0.1, -0.05) is 48.0 Å². The van der Waals surface area contributed by atoms with Gasteiger partial charge in [-0.3, -0.25) is 9.36 Å². The van der Waals surface area contributed by atoms with Crippen molar-refractivity contribution in [1.82, 2.24) is 9.55 Å². The number of rotatable bonds is 3. The van der Waals surface area contributed by atoms with Crippen LogP contribution in [0.3, 0.4) is 0 Å². The van der Waals surface area contributed by atoms with E-state index >= 15 is 0 Å². The van der Waals surface area contributed by atoms with Gasteiger partial charge in [-0.05, 0) is 76.7 Å². The summed E-state index contributed by atoms with van der Waals surface area (Å²) in [5.41, 5.74) is 2.22. The predicted octanol–water partition coefficient (Wildman–Crippen LogP) is 5.81. The minimum atomic E-state index is -0.0940. The van der Waals surface area contributed by atoms with Gasteiger partial charge in [0.05, 0.1) is 16.6 Å². The van der Waals surface area contributed by atoms with Crippen molar-refractivity contribution in [2.75, 3.05) is 0 Å². The largest absolute Gasteiger partial charge is 0.268 e. The molecule has 132 valence electrons. The average molecular weight is 485 g/mol. The van der Waals surface area contributed by atoms with Crippen LogP contribution in [0, 0.1) is 3.57 Å². The molecule has 0 aliphatic rings. The van der Waals surface area contributed by atoms with E-state index in [1.54, 1.807) is 4.57 Å². The van der Waals surface area contributed by atoms with Crippen molar-refractivity contribution in [3.8, 4) is 5.69 Å². The predicted molar refractivity (Wildman–Crippen MR) is 120 cm³/mol. The van der Waals surface area contributed by atoms with E-state index in [1.165, 1.54) is 0 Å². The van der Waals surface area contributed by atoms with Gasteiger partial charge in [0.1, 0.15) is 5.82 Å². The molecule has 3 aromatic carbocycles. The van der Waals surface area contributed by atoms with E-state index in [-0.39, 0.29) is 5.56 Å². The summed E-state index contributed by atoms with van der Waals surface area (Å²) in [7, 11) is 0. The molecule has 0 atom stereocenters. The second kappa shape index (κ2) is 7.66. The molecule has 0 radical (unpaired) electrons. The Kier molecular flexibility index (Phi) is 5.09. The number of nitrogens with zero attached hydrogens (tertiary/aromatic N) is 2. The fourth-order valence-corrected chi connectivity index (χ4v) is 3.58. The summed E-state index contributed by atoms with van der Waals surface area (Å²) in [6, 6.07) is 22.8. The molecule has 0 aliphatic heterocycles. The van der Waals surface area contributed by atoms with Gasteiger partial charge in [-0.2, -0.15) is 0 Å². The lowest BCUT2D eigenvalue weighted by atomic mass is 10.2. The normalized spacial score (nSPS) is 11.3. The molecule has 27 heavy (non-hydrogen) atoms. The van der Waals surface area contributed by atoms with E-state index in [2.05, 4.69) is 22.6 Å². The van der Waals surface area contributed by atoms with Crippen molar-refractivity contribution in [2.45, 2.75) is 0 Å². The van der Waals surface area contributed by atoms with Crippen molar-refractivity contribution < 1.29 is 0 Å². The number of fused-ring (bicyclic) bond motifs is 1. The van der Waals surface area contributed by atoms with Crippen molar-refractivity contribution in [1.29, 1.82) is 0 Å². The number of hydrogen-bond donors (Lipinski definition) is 0. The van der Waals surface area contributed by atoms with Gasteiger partial charge in [0.25, 0.3) is 5.56 Å². The number of halogens is 2. The molecule has 0 unspecified atom stereocenters. The molecule has 0 aliphatic carbocycles. The lowest BCUT2D eigenvalue weighted by Crippen LogP contribution is -2.22. The number of hydrogen-bond acceptors (Lipinski definition) is 2. The van der Waals surface area contributed by atoms with Crippen molar-refractivity contribution in [3.05, 3.63) is 103 Å². The highest BCUT2D eigenvalue weighted by Crippen LogP contribution is 2.20. The quantitative estimate of drug-likeness (QED) is 0.344. The van der Waals surface area contributed by atoms with Crippen LogP contribution in [0.25, 0.3) is 28.7 Å². The maximum absolute atomic E-state index is 13.2. The van der Waals surface area contributed by atoms with Crippen LogP contribution in [0.2, 0.25) is 5.02 Å². The number of benzene rings is 3. The second-order valence-electron chi connectivity index (χ2n) is 5.96. The Morgan fingerprint density at radius 3 is 2.44 bits per heavy atom. The molecule has 0 spiro atoms. The maximum atomic E-state index is 13.2. The summed E-state index contributed by atoms with van der Waals surface area (Å²) in [4.78, 5) is 18.0. The van der Waals surface area contributed by atoms with E-state index in [0.717, 1.165) is 14.8 Å². The summed E-state index contributed by atoms with van der Waals surface area (Å²) in [5, 5.41) is 1.25. The SMILES string of the molecule is O=c1c2cc(I)ccc2nc(/C=C/c2ccccc2Cl)n1-c1ccccc1. The first-order chi connectivity index (χ1) is 13.1. The minimum Gasteiger partial charge on any atom is -0.268 e. The third kappa shape index (κ3) is 3.68. The Morgan fingerprint density at radius 1 is 0.926 bits per heavy atom. The smallest absolute Gasteiger partial charge is 0.266 e. The summed E-state index contributed by atoms with van der Waals surface area (Å²) >= 11 is 8.45. The first-order valence-electron chi connectivity index (χ1n) is 8.34. The Morgan fingerprint density at radius 2 is 1.67 bits per heavy atom. The highest BCUT2D eigenvalue weighted by molar-refractivity contribution is 14.1. The molecule has 4 rings (SSSR count). The zero-order chi connectivity index (χ0) is 18.8. The third-order valence-electron chi connectivity index (χ3n) is 4.19. The van der Waals surface area contributed by atoms with Gasteiger partial charge in [-0.25, -0.2) is 4.98 Å². The molecule has 0 fully saturated rings. The second-order valence-corrected chi connectivity index (χ2v) is 7.62. The topological polar surface area (TPSA) is 34.9 Å². The van der Waals surface area contributed by atoms with E-state index in [4.69, 9.17) is 16.6 Å². The van der Waals surface area contributed by atoms with Crippen LogP contribution in [-0.4, -0.2) is 9.55 Å². The van der Waals surface area contributed by atoms with Crippen molar-refractivity contribution >= 4 is 57.2 Å². The van der Waals surface area contributed by atoms with E-state index < -0.39 is 0 Å². The molecule has 0 N–H and O–H groups in total. The summed E-state index contributed by atoms with van der Waals surface area (Å²) in [6.07, 6.45) is 3.70. The fraction of sp³-hybridized carbons (Fsp3) is 0. The third-order valence-corrected chi connectivity index (χ3v) is 5.20. The van der Waals surface area contributed by atoms with Gasteiger partial charge in [0.2, 0.25) is 0 Å². The lowest BCUT2D eigenvalue weighted by molar-refractivity contribution is 0.944. The van der Waals surface area contributed by atoms with Gasteiger partial charge in [0.15, 0.2) is 0 Å². The van der Waals surface area contributed by atoms with Crippen LogP contribution in [0.15, 0.2) is 77.6 Å². The van der Waals surface area contributed by atoms with E-state index in [1.807, 2.05) is 84.9 Å². The molecule has 1 heterocycles. The molecule has 1 aromatic heterocycles. The Hall–Kier alpha value is -2.44. The zero-order valence-corrected chi connectivity index (χ0v) is 17.1. The fourth-order valence-electron chi connectivity index (χ4n) is 2.89. The van der Waals surface area contributed by atoms with Gasteiger partial charge >= 0.3 is 0 Å². The van der Waals surface area contributed by atoms with Gasteiger partial charge in [-0.15, -0.1) is 0 Å². The van der Waals surface area contributed by atoms with Gasteiger partial charge < -0.3 is 0 Å². The zero-order valence-electron chi connectivity index (χ0n) is 14.1. The minimum absolute atomic E-state index is 0.0940. The highest BCUT2D eigenvalue weighted by Gasteiger charge is 2.11. The monoisotopic (exact) mass is 484 g/mol. The first-order valence-corrected chi connectivity index (χ1v) is 9.79. The Bertz CT molecular complexity index is 1220. The Labute approximate surface area is 175 Å². The van der Waals surface area contributed by atoms with Crippen LogP contribution in [0.4, 0.5) is 0 Å². The molecule has 0 bridgehead atoms. The van der Waals surface area contributed by atoms with Crippen LogP contribution in [-0.2, 0) is 0 Å². The molecule has 4 aromatic rings. The van der Waals surface area contributed by atoms with Crippen LogP contribution in [0.1, 0.15) is 11.4 Å². The van der Waals surface area contributed by atoms with E-state index in [0.29, 0.717) is 21.7 Å². The van der Waals surface area contributed by atoms with Crippen molar-refractivity contribution in [3.63, 3.8) is 0 Å². The maximum Gasteiger partial charge on any atom is 0.266 e. The molecule has 3 nitrogen and oxygen atoms in total. The summed E-state index contributed by atoms with van der Waals surface area (Å²) in [6.45, 7) is 0. The summed E-state index contributed by atoms with van der Waals surface area (Å²) < 4.78 is 2.63. The standard InChI is InChI=1S/C22H14ClIN2O/c23-19-9-5-4-6-15(19)10-13-21-25-20-12-11-16(24)14-18(20)22(27)26(21)17-7-2-1-3-8-17/h1-14H/b13-10+. The lowest BCUT2D eigenvalue weighted by Gasteiger charge is -2.11. The molecule has 0 amide bonds. The van der Waals surface area contributed by atoms with E-state index in [9.17, 15) is 4.79 Å². The average Bonchev–Trinajstić information content (AvgIpc) is 2.69. The summed E-state index contributed by atoms with van der Waals surface area (Å²) in [5.74, 6) is 0.555. The van der Waals surface area contributed by atoms with Crippen LogP contribution < -0.4 is 5.56 Å². The van der Waals surface area contributed by atoms with Crippen LogP contribution >= 0.6 is 34.2 Å². The molecule has 5 heteroatoms. The number of aromatic nitrogens is 2. The molecular weight excluding hydrogens is 471 g/mol. The van der Waals surface area contributed by atoms with Crippen LogP contribution in [0.5, 0.6) is 0 Å². The van der Waals surface area contributed by atoms with Gasteiger partial charge in [0, 0.05) is 8.59 Å². The van der Waals surface area contributed by atoms with Crippen molar-refractivity contribution in [2.24, 2.45) is 0 Å². The Balaban J connectivity index is 1.97.